The standard InChI is InChI=1S/C45H72O19/c1-18-7-10-45(57-17-18)19(2)30-25(64-45)12-24-22-6-5-20-11-21(8-9-43(20,3)23(22)13-29(49)44(24,30)4)58-40-37(56)35(54)38(28(16-48)61-40)62-42-39(34(53)32(51)27(15-47)60-42)63-41-36(55)33(52)31(50)26(14-46)59-41/h18-28,30-42,46-48,50-56H,5-17H2,1-4H3/t18?,19?,20?,21?,22?,23?,24?,25?,26-,27-,28-,30?,31-,32-,33+,34+,35-,36-,37-,38+,39-,40-,41+,42+,43?,44?,45?/m1/s1. The van der Waals surface area contributed by atoms with Crippen LogP contribution in [0.2, 0.25) is 0 Å². The second kappa shape index (κ2) is 18.0. The molecule has 12 unspecified atom stereocenters. The number of aliphatic hydroxyl groups excluding tert-OH is 10. The Morgan fingerprint density at radius 2 is 1.25 bits per heavy atom. The first-order chi connectivity index (χ1) is 30.4. The van der Waals surface area contributed by atoms with Gasteiger partial charge in [-0.2, -0.15) is 0 Å². The molecule has 366 valence electrons. The molecule has 4 aliphatic carbocycles. The minimum atomic E-state index is -1.90. The molecule has 64 heavy (non-hydrogen) atoms. The molecule has 0 radical (unpaired) electrons. The number of ketones is 1. The lowest BCUT2D eigenvalue weighted by Crippen LogP contribution is -2.67. The monoisotopic (exact) mass is 916 g/mol. The maximum Gasteiger partial charge on any atom is 0.187 e. The highest BCUT2D eigenvalue weighted by atomic mass is 16.8. The Kier molecular flexibility index (Phi) is 13.5. The predicted molar refractivity (Wildman–Crippen MR) is 216 cm³/mol. The van der Waals surface area contributed by atoms with Crippen molar-refractivity contribution in [2.75, 3.05) is 26.4 Å². The van der Waals surface area contributed by atoms with Crippen LogP contribution in [0.25, 0.3) is 0 Å². The minimum absolute atomic E-state index is 0.0132. The van der Waals surface area contributed by atoms with E-state index in [2.05, 4.69) is 27.7 Å². The van der Waals surface area contributed by atoms with Gasteiger partial charge in [-0.25, -0.2) is 0 Å². The zero-order chi connectivity index (χ0) is 45.8. The van der Waals surface area contributed by atoms with Gasteiger partial charge in [0.25, 0.3) is 0 Å². The zero-order valence-electron chi connectivity index (χ0n) is 37.2. The van der Waals surface area contributed by atoms with Gasteiger partial charge in [-0.15, -0.1) is 0 Å². The van der Waals surface area contributed by atoms with E-state index in [9.17, 15) is 55.9 Å². The largest absolute Gasteiger partial charge is 0.394 e. The van der Waals surface area contributed by atoms with Crippen LogP contribution < -0.4 is 0 Å². The quantitative estimate of drug-likeness (QED) is 0.117. The molecule has 19 heteroatoms. The Morgan fingerprint density at radius 3 is 1.92 bits per heavy atom. The predicted octanol–water partition coefficient (Wildman–Crippen LogP) is -1.55. The maximum absolute atomic E-state index is 14.6. The van der Waals surface area contributed by atoms with E-state index in [4.69, 9.17) is 37.9 Å². The summed E-state index contributed by atoms with van der Waals surface area (Å²) in [7, 11) is 0. The van der Waals surface area contributed by atoms with Gasteiger partial charge in [0.15, 0.2) is 24.7 Å². The van der Waals surface area contributed by atoms with Crippen molar-refractivity contribution in [1.29, 1.82) is 0 Å². The Balaban J connectivity index is 0.844. The number of fused-ring (bicyclic) bond motifs is 7. The summed E-state index contributed by atoms with van der Waals surface area (Å²) in [6, 6.07) is 0. The van der Waals surface area contributed by atoms with Crippen LogP contribution in [0.3, 0.4) is 0 Å². The number of hydrogen-bond acceptors (Lipinski definition) is 19. The Hall–Kier alpha value is -1.05. The molecule has 5 aliphatic heterocycles. The molecule has 0 aromatic rings. The summed E-state index contributed by atoms with van der Waals surface area (Å²) in [5.41, 5.74) is -0.557. The summed E-state index contributed by atoms with van der Waals surface area (Å²) in [4.78, 5) is 14.6. The van der Waals surface area contributed by atoms with Crippen LogP contribution in [0.1, 0.15) is 85.5 Å². The van der Waals surface area contributed by atoms with Gasteiger partial charge < -0.3 is 89.0 Å². The molecule has 9 rings (SSSR count). The van der Waals surface area contributed by atoms with Crippen LogP contribution >= 0.6 is 0 Å². The third-order valence-corrected chi connectivity index (χ3v) is 18.2. The van der Waals surface area contributed by atoms with Gasteiger partial charge in [-0.1, -0.05) is 27.7 Å². The molecule has 0 bridgehead atoms. The lowest BCUT2D eigenvalue weighted by atomic mass is 9.44. The van der Waals surface area contributed by atoms with Crippen molar-refractivity contribution in [1.82, 2.24) is 0 Å². The summed E-state index contributed by atoms with van der Waals surface area (Å²) < 4.78 is 48.7. The van der Waals surface area contributed by atoms with Crippen LogP contribution in [-0.4, -0.2) is 193 Å². The number of carbonyl (C=O) groups is 1. The smallest absolute Gasteiger partial charge is 0.187 e. The average molecular weight is 917 g/mol. The number of carbonyl (C=O) groups excluding carboxylic acids is 1. The van der Waals surface area contributed by atoms with Gasteiger partial charge in [0.2, 0.25) is 0 Å². The topological polar surface area (TPSA) is 293 Å². The second-order valence-corrected chi connectivity index (χ2v) is 21.4. The molecule has 10 N–H and O–H groups in total. The molecule has 1 spiro atoms. The van der Waals surface area contributed by atoms with E-state index in [1.54, 1.807) is 0 Å². The van der Waals surface area contributed by atoms with E-state index >= 15 is 0 Å². The Morgan fingerprint density at radius 1 is 0.641 bits per heavy atom. The number of rotatable bonds is 9. The summed E-state index contributed by atoms with van der Waals surface area (Å²) in [5, 5.41) is 106. The van der Waals surface area contributed by atoms with Crippen molar-refractivity contribution in [3.63, 3.8) is 0 Å². The number of aliphatic hydroxyl groups is 10. The lowest BCUT2D eigenvalue weighted by Gasteiger charge is -2.60. The summed E-state index contributed by atoms with van der Waals surface area (Å²) in [5.74, 6) is 1.65. The molecule has 19 nitrogen and oxygen atoms in total. The summed E-state index contributed by atoms with van der Waals surface area (Å²) in [6.45, 7) is 7.40. The highest BCUT2D eigenvalue weighted by molar-refractivity contribution is 5.87. The highest BCUT2D eigenvalue weighted by Gasteiger charge is 2.72. The number of ether oxygens (including phenoxy) is 8. The maximum atomic E-state index is 14.6. The van der Waals surface area contributed by atoms with Crippen molar-refractivity contribution in [2.45, 2.75) is 196 Å². The molecule has 5 saturated heterocycles. The SMILES string of the molecule is CC1CCC2(OC1)OC1CC3C4CCC5CC(O[C@@H]6O[C@H](CO)[C@H](O[C@@H]7O[C@H](CO)[C@@H](O)[C@H](O)[C@H]7O[C@@H]7O[C@H](CO)[C@@H](O)[C@H](O)[C@H]7O)[C@H](O)[C@H]6O)CCC5(C)C4CC(=O)C3(C)C1C2C. The van der Waals surface area contributed by atoms with E-state index in [1.165, 1.54) is 0 Å². The molecule has 0 aromatic heterocycles. The zero-order valence-corrected chi connectivity index (χ0v) is 37.2. The van der Waals surface area contributed by atoms with Crippen LogP contribution in [0.5, 0.6) is 0 Å². The molecule has 0 amide bonds. The van der Waals surface area contributed by atoms with E-state index in [1.807, 2.05) is 0 Å². The molecule has 27 atom stereocenters. The molecule has 9 fully saturated rings. The third kappa shape index (κ3) is 7.67. The van der Waals surface area contributed by atoms with E-state index in [0.29, 0.717) is 43.5 Å². The van der Waals surface area contributed by atoms with Gasteiger partial charge in [0.1, 0.15) is 79.0 Å². The second-order valence-electron chi connectivity index (χ2n) is 21.4. The molecular weight excluding hydrogens is 844 g/mol. The van der Waals surface area contributed by atoms with Crippen molar-refractivity contribution in [2.24, 2.45) is 52.3 Å². The molecule has 0 aromatic carbocycles. The van der Waals surface area contributed by atoms with Crippen molar-refractivity contribution < 1.29 is 93.8 Å². The Bertz CT molecular complexity index is 1650. The normalized spacial score (nSPS) is 57.5. The highest BCUT2D eigenvalue weighted by Crippen LogP contribution is 2.70. The molecule has 9 aliphatic rings. The summed E-state index contributed by atoms with van der Waals surface area (Å²) >= 11 is 0. The first-order valence-corrected chi connectivity index (χ1v) is 23.8. The van der Waals surface area contributed by atoms with E-state index < -0.39 is 123 Å². The van der Waals surface area contributed by atoms with Gasteiger partial charge in [-0.3, -0.25) is 4.79 Å². The van der Waals surface area contributed by atoms with Crippen LogP contribution in [0.15, 0.2) is 0 Å². The van der Waals surface area contributed by atoms with Gasteiger partial charge in [0.05, 0.1) is 38.6 Å². The number of Topliss-reactive ketones (excluding diaryl/α,β-unsaturated/α-hetero) is 1. The van der Waals surface area contributed by atoms with Crippen LogP contribution in [0.4, 0.5) is 0 Å². The number of hydrogen-bond donors (Lipinski definition) is 10. The van der Waals surface area contributed by atoms with E-state index in [0.717, 1.165) is 38.5 Å². The molecule has 5 heterocycles. The first-order valence-electron chi connectivity index (χ1n) is 23.8. The summed E-state index contributed by atoms with van der Waals surface area (Å²) in [6.07, 6.45) is -17.9. The fourth-order valence-corrected chi connectivity index (χ4v) is 14.4. The van der Waals surface area contributed by atoms with Crippen LogP contribution in [-0.2, 0) is 42.7 Å². The van der Waals surface area contributed by atoms with E-state index in [-0.39, 0.29) is 47.2 Å². The van der Waals surface area contributed by atoms with Crippen molar-refractivity contribution in [3.8, 4) is 0 Å². The fraction of sp³-hybridized carbons (Fsp3) is 0.978. The lowest BCUT2D eigenvalue weighted by molar-refractivity contribution is -0.390. The van der Waals surface area contributed by atoms with Gasteiger partial charge in [0, 0.05) is 30.1 Å². The molecular formula is C45H72O19. The van der Waals surface area contributed by atoms with Crippen molar-refractivity contribution >= 4 is 5.78 Å². The Labute approximate surface area is 373 Å². The fourth-order valence-electron chi connectivity index (χ4n) is 14.4. The third-order valence-electron chi connectivity index (χ3n) is 18.2. The van der Waals surface area contributed by atoms with Gasteiger partial charge in [-0.05, 0) is 80.0 Å². The molecule has 4 saturated carbocycles. The average Bonchev–Trinajstić information content (AvgIpc) is 3.73. The van der Waals surface area contributed by atoms with Gasteiger partial charge >= 0.3 is 0 Å². The minimum Gasteiger partial charge on any atom is -0.394 e. The first kappa shape index (κ1) is 48.0. The van der Waals surface area contributed by atoms with Crippen molar-refractivity contribution in [3.05, 3.63) is 0 Å². The van der Waals surface area contributed by atoms with Crippen LogP contribution in [0, 0.1) is 52.3 Å².